The molecule has 1 heterocycles. The summed E-state index contributed by atoms with van der Waals surface area (Å²) in [6, 6.07) is 1.98. The Hall–Kier alpha value is -1.16. The minimum Gasteiger partial charge on any atom is -0.343 e. The molecule has 1 aromatic heterocycles. The number of nitrogens with zero attached hydrogens (tertiary/aromatic N) is 3. The van der Waals surface area contributed by atoms with Gasteiger partial charge in [0.05, 0.1) is 5.69 Å². The average molecular weight is 222 g/mol. The van der Waals surface area contributed by atoms with Gasteiger partial charge in [0, 0.05) is 31.7 Å². The van der Waals surface area contributed by atoms with Crippen molar-refractivity contribution in [2.45, 2.75) is 26.2 Å². The molecule has 4 nitrogen and oxygen atoms in total. The lowest BCUT2D eigenvalue weighted by atomic mass is 9.92. The second-order valence-corrected chi connectivity index (χ2v) is 5.02. The monoisotopic (exact) mass is 222 g/mol. The number of aromatic nitrogens is 2. The Morgan fingerprint density at radius 1 is 1.38 bits per heavy atom. The Morgan fingerprint density at radius 3 is 2.62 bits per heavy atom. The molecular weight excluding hydrogens is 200 g/mol. The second kappa shape index (κ2) is 5.25. The molecule has 0 aliphatic rings. The molecule has 0 bridgehead atoms. The van der Waals surface area contributed by atoms with Crippen molar-refractivity contribution in [1.29, 1.82) is 0 Å². The third-order valence-corrected chi connectivity index (χ3v) is 2.45. The third-order valence-electron chi connectivity index (χ3n) is 2.45. The summed E-state index contributed by atoms with van der Waals surface area (Å²) in [6.45, 7) is 8.32. The molecule has 16 heavy (non-hydrogen) atoms. The van der Waals surface area contributed by atoms with E-state index in [0.717, 1.165) is 24.7 Å². The van der Waals surface area contributed by atoms with Gasteiger partial charge in [-0.2, -0.15) is 0 Å². The fraction of sp³-hybridized carbons (Fsp3) is 0.667. The fourth-order valence-electron chi connectivity index (χ4n) is 1.33. The van der Waals surface area contributed by atoms with Gasteiger partial charge in [-0.05, 0) is 13.1 Å². The summed E-state index contributed by atoms with van der Waals surface area (Å²) >= 11 is 0. The van der Waals surface area contributed by atoms with Gasteiger partial charge < -0.3 is 10.2 Å². The van der Waals surface area contributed by atoms with E-state index >= 15 is 0 Å². The molecule has 1 rings (SSSR count). The van der Waals surface area contributed by atoms with Gasteiger partial charge in [0.2, 0.25) is 5.95 Å². The van der Waals surface area contributed by atoms with E-state index < -0.39 is 0 Å². The molecule has 0 atom stereocenters. The highest BCUT2D eigenvalue weighted by Gasteiger charge is 2.16. The van der Waals surface area contributed by atoms with Crippen molar-refractivity contribution in [3.63, 3.8) is 0 Å². The van der Waals surface area contributed by atoms with Crippen LogP contribution in [-0.2, 0) is 5.41 Å². The van der Waals surface area contributed by atoms with E-state index in [1.54, 1.807) is 0 Å². The van der Waals surface area contributed by atoms with E-state index in [9.17, 15) is 0 Å². The zero-order valence-electron chi connectivity index (χ0n) is 10.9. The Balaban J connectivity index is 2.82. The molecule has 0 aliphatic carbocycles. The summed E-state index contributed by atoms with van der Waals surface area (Å²) in [6.07, 6.45) is 1.83. The second-order valence-electron chi connectivity index (χ2n) is 5.02. The van der Waals surface area contributed by atoms with Crippen molar-refractivity contribution in [2.75, 3.05) is 32.1 Å². The van der Waals surface area contributed by atoms with Crippen LogP contribution in [0, 0.1) is 0 Å². The predicted molar refractivity (Wildman–Crippen MR) is 67.9 cm³/mol. The lowest BCUT2D eigenvalue weighted by Crippen LogP contribution is -2.29. The Morgan fingerprint density at radius 2 is 2.06 bits per heavy atom. The third kappa shape index (κ3) is 3.45. The minimum absolute atomic E-state index is 0.0710. The van der Waals surface area contributed by atoms with Crippen LogP contribution < -0.4 is 10.2 Å². The molecule has 0 saturated heterocycles. The summed E-state index contributed by atoms with van der Waals surface area (Å²) in [4.78, 5) is 10.9. The first-order chi connectivity index (χ1) is 7.45. The first-order valence-corrected chi connectivity index (χ1v) is 5.64. The summed E-state index contributed by atoms with van der Waals surface area (Å²) in [7, 11) is 3.96. The maximum absolute atomic E-state index is 4.58. The van der Waals surface area contributed by atoms with Gasteiger partial charge in [-0.25, -0.2) is 9.97 Å². The number of rotatable bonds is 4. The zero-order chi connectivity index (χ0) is 12.2. The number of anilines is 1. The van der Waals surface area contributed by atoms with Crippen LogP contribution in [0.25, 0.3) is 0 Å². The molecule has 0 radical (unpaired) electrons. The van der Waals surface area contributed by atoms with E-state index in [2.05, 4.69) is 41.0 Å². The highest BCUT2D eigenvalue weighted by atomic mass is 15.2. The van der Waals surface area contributed by atoms with Crippen LogP contribution in [0.4, 0.5) is 5.95 Å². The average Bonchev–Trinajstić information content (AvgIpc) is 2.25. The lowest BCUT2D eigenvalue weighted by molar-refractivity contribution is 0.565. The maximum atomic E-state index is 4.58. The van der Waals surface area contributed by atoms with Gasteiger partial charge >= 0.3 is 0 Å². The van der Waals surface area contributed by atoms with Crippen LogP contribution >= 0.6 is 0 Å². The fourth-order valence-corrected chi connectivity index (χ4v) is 1.33. The van der Waals surface area contributed by atoms with E-state index in [4.69, 9.17) is 0 Å². The minimum atomic E-state index is 0.0710. The maximum Gasteiger partial charge on any atom is 0.225 e. The molecule has 0 saturated carbocycles. The van der Waals surface area contributed by atoms with Crippen molar-refractivity contribution in [2.24, 2.45) is 0 Å². The molecule has 1 N–H and O–H groups in total. The summed E-state index contributed by atoms with van der Waals surface area (Å²) in [5.74, 6) is 0.794. The first kappa shape index (κ1) is 12.9. The molecule has 0 fully saturated rings. The quantitative estimate of drug-likeness (QED) is 0.836. The van der Waals surface area contributed by atoms with Gasteiger partial charge in [0.1, 0.15) is 0 Å². The summed E-state index contributed by atoms with van der Waals surface area (Å²) < 4.78 is 0. The smallest absolute Gasteiger partial charge is 0.225 e. The van der Waals surface area contributed by atoms with Gasteiger partial charge in [-0.15, -0.1) is 0 Å². The number of likely N-dealkylation sites (N-methyl/N-ethyl adjacent to an activating group) is 2. The van der Waals surface area contributed by atoms with E-state index in [1.165, 1.54) is 0 Å². The lowest BCUT2D eigenvalue weighted by Gasteiger charge is -2.21. The van der Waals surface area contributed by atoms with Crippen molar-refractivity contribution >= 4 is 5.95 Å². The van der Waals surface area contributed by atoms with Crippen molar-refractivity contribution < 1.29 is 0 Å². The van der Waals surface area contributed by atoms with Gasteiger partial charge in [-0.3, -0.25) is 0 Å². The number of hydrogen-bond acceptors (Lipinski definition) is 4. The molecule has 0 aliphatic heterocycles. The van der Waals surface area contributed by atoms with Crippen molar-refractivity contribution in [1.82, 2.24) is 15.3 Å². The van der Waals surface area contributed by atoms with Crippen molar-refractivity contribution in [3.8, 4) is 0 Å². The molecule has 0 aromatic carbocycles. The van der Waals surface area contributed by atoms with Crippen LogP contribution in [0.1, 0.15) is 26.5 Å². The normalized spacial score (nSPS) is 11.6. The molecule has 4 heteroatoms. The molecular formula is C12H22N4. The number of nitrogens with one attached hydrogen (secondary N) is 1. The molecule has 1 aromatic rings. The van der Waals surface area contributed by atoms with Crippen LogP contribution in [0.5, 0.6) is 0 Å². The first-order valence-electron chi connectivity index (χ1n) is 5.64. The molecule has 0 spiro atoms. The van der Waals surface area contributed by atoms with Gasteiger partial charge in [-0.1, -0.05) is 20.8 Å². The zero-order valence-corrected chi connectivity index (χ0v) is 10.9. The Bertz CT molecular complexity index is 330. The highest BCUT2D eigenvalue weighted by Crippen LogP contribution is 2.20. The molecule has 0 unspecified atom stereocenters. The van der Waals surface area contributed by atoms with Crippen LogP contribution in [-0.4, -0.2) is 37.2 Å². The van der Waals surface area contributed by atoms with Crippen LogP contribution in [0.15, 0.2) is 12.3 Å². The topological polar surface area (TPSA) is 41.0 Å². The standard InChI is InChI=1S/C12H22N4/c1-12(2,3)10-6-7-14-11(15-10)16(5)9-8-13-4/h6-7,13H,8-9H2,1-5H3. The Labute approximate surface area is 98.1 Å². The largest absolute Gasteiger partial charge is 0.343 e. The van der Waals surface area contributed by atoms with Crippen LogP contribution in [0.3, 0.4) is 0 Å². The van der Waals surface area contributed by atoms with E-state index in [-0.39, 0.29) is 5.41 Å². The SMILES string of the molecule is CNCCN(C)c1nccc(C(C)(C)C)n1. The molecule has 0 amide bonds. The predicted octanol–water partition coefficient (Wildman–Crippen LogP) is 1.43. The van der Waals surface area contributed by atoms with Gasteiger partial charge in [0.25, 0.3) is 0 Å². The Kier molecular flexibility index (Phi) is 4.24. The summed E-state index contributed by atoms with van der Waals surface area (Å²) in [5.41, 5.74) is 1.15. The van der Waals surface area contributed by atoms with E-state index in [0.29, 0.717) is 0 Å². The number of hydrogen-bond donors (Lipinski definition) is 1. The van der Waals surface area contributed by atoms with Gasteiger partial charge in [0.15, 0.2) is 0 Å². The highest BCUT2D eigenvalue weighted by molar-refractivity contribution is 5.30. The molecule has 90 valence electrons. The summed E-state index contributed by atoms with van der Waals surface area (Å²) in [5, 5.41) is 3.12. The van der Waals surface area contributed by atoms with Crippen molar-refractivity contribution in [3.05, 3.63) is 18.0 Å². The van der Waals surface area contributed by atoms with E-state index in [1.807, 2.05) is 26.4 Å². The van der Waals surface area contributed by atoms with Crippen LogP contribution in [0.2, 0.25) is 0 Å².